The predicted octanol–water partition coefficient (Wildman–Crippen LogP) is 3.18. The van der Waals surface area contributed by atoms with Crippen molar-refractivity contribution in [2.75, 3.05) is 0 Å². The van der Waals surface area contributed by atoms with Gasteiger partial charge in [-0.05, 0) is 12.5 Å². The number of allylic oxidation sites excluding steroid dienone is 5. The van der Waals surface area contributed by atoms with Gasteiger partial charge in [0, 0.05) is 23.8 Å². The van der Waals surface area contributed by atoms with E-state index in [9.17, 15) is 18.3 Å². The van der Waals surface area contributed by atoms with Crippen molar-refractivity contribution < 1.29 is 18.3 Å². The molecule has 0 aromatic carbocycles. The molecule has 2 rings (SSSR count). The van der Waals surface area contributed by atoms with Gasteiger partial charge in [-0.2, -0.15) is 13.2 Å². The number of hydrogen-bond acceptors (Lipinski definition) is 1. The molecule has 18 heavy (non-hydrogen) atoms. The molecule has 2 aliphatic rings. The number of halogens is 3. The maximum absolute atomic E-state index is 13.2. The van der Waals surface area contributed by atoms with E-state index in [0.29, 0.717) is 6.42 Å². The summed E-state index contributed by atoms with van der Waals surface area (Å²) < 4.78 is 39.6. The van der Waals surface area contributed by atoms with Crippen LogP contribution in [0.3, 0.4) is 0 Å². The third-order valence-electron chi connectivity index (χ3n) is 2.69. The van der Waals surface area contributed by atoms with Crippen LogP contribution < -0.4 is 0 Å². The molecule has 0 bridgehead atoms. The third-order valence-corrected chi connectivity index (χ3v) is 2.69. The molecule has 0 aromatic rings. The number of rotatable bonds is 2. The van der Waals surface area contributed by atoms with Crippen LogP contribution in [0.4, 0.5) is 13.2 Å². The lowest BCUT2D eigenvalue weighted by molar-refractivity contribution is -0.226. The van der Waals surface area contributed by atoms with Gasteiger partial charge in [-0.15, -0.1) is 5.73 Å². The highest BCUT2D eigenvalue weighted by Gasteiger charge is 2.60. The minimum absolute atomic E-state index is 0.316. The summed E-state index contributed by atoms with van der Waals surface area (Å²) in [5.41, 5.74) is -1.24. The summed E-state index contributed by atoms with van der Waals surface area (Å²) in [4.78, 5) is 0. The van der Waals surface area contributed by atoms with Crippen LogP contribution in [0.1, 0.15) is 6.42 Å². The van der Waals surface area contributed by atoms with Crippen molar-refractivity contribution >= 4 is 0 Å². The topological polar surface area (TPSA) is 20.2 Å². The van der Waals surface area contributed by atoms with Crippen molar-refractivity contribution in [3.63, 3.8) is 0 Å². The summed E-state index contributed by atoms with van der Waals surface area (Å²) in [5, 5.41) is 10.1. The fourth-order valence-electron chi connectivity index (χ4n) is 1.76. The minimum Gasteiger partial charge on any atom is -0.369 e. The number of hydrogen-bond donors (Lipinski definition) is 1. The second-order valence-corrected chi connectivity index (χ2v) is 3.88. The molecule has 0 fully saturated rings. The normalized spacial score (nSPS) is 21.1. The summed E-state index contributed by atoms with van der Waals surface area (Å²) in [6, 6.07) is 0. The zero-order valence-corrected chi connectivity index (χ0v) is 9.33. The van der Waals surface area contributed by atoms with Gasteiger partial charge in [-0.25, -0.2) is 0 Å². The van der Waals surface area contributed by atoms with Crippen molar-refractivity contribution in [2.45, 2.75) is 18.2 Å². The van der Waals surface area contributed by atoms with E-state index < -0.39 is 11.8 Å². The molecular formula is C14H10F3O+. The molecule has 1 atom stereocenters. The molecule has 0 heterocycles. The lowest BCUT2D eigenvalue weighted by atomic mass is 9.82. The second kappa shape index (κ2) is 4.43. The summed E-state index contributed by atoms with van der Waals surface area (Å²) in [5.74, 6) is 0. The van der Waals surface area contributed by atoms with Gasteiger partial charge in [0.05, 0.1) is 6.08 Å². The highest BCUT2D eigenvalue weighted by Crippen LogP contribution is 2.43. The lowest BCUT2D eigenvalue weighted by Gasteiger charge is -2.29. The maximum atomic E-state index is 13.2. The van der Waals surface area contributed by atoms with Gasteiger partial charge in [0.1, 0.15) is 6.08 Å². The monoisotopic (exact) mass is 251 g/mol. The Hall–Kier alpha value is -1.86. The van der Waals surface area contributed by atoms with Crippen molar-refractivity contribution in [3.8, 4) is 0 Å². The Morgan fingerprint density at radius 1 is 1.28 bits per heavy atom. The molecule has 0 aliphatic heterocycles. The summed E-state index contributed by atoms with van der Waals surface area (Å²) in [7, 11) is 0. The molecule has 1 unspecified atom stereocenters. The van der Waals surface area contributed by atoms with E-state index >= 15 is 0 Å². The number of aliphatic hydroxyl groups is 1. The Morgan fingerprint density at radius 2 is 2.06 bits per heavy atom. The minimum atomic E-state index is -4.83. The highest BCUT2D eigenvalue weighted by molar-refractivity contribution is 5.48. The lowest BCUT2D eigenvalue weighted by Crippen LogP contribution is -2.48. The van der Waals surface area contributed by atoms with Gasteiger partial charge in [0.2, 0.25) is 0 Å². The van der Waals surface area contributed by atoms with Crippen LogP contribution in [0.5, 0.6) is 0 Å². The first kappa shape index (κ1) is 12.6. The Morgan fingerprint density at radius 3 is 2.56 bits per heavy atom. The van der Waals surface area contributed by atoms with Crippen LogP contribution in [-0.4, -0.2) is 16.9 Å². The first-order valence-corrected chi connectivity index (χ1v) is 5.35. The van der Waals surface area contributed by atoms with E-state index in [1.54, 1.807) is 12.2 Å². The molecule has 1 nitrogen and oxygen atoms in total. The second-order valence-electron chi connectivity index (χ2n) is 3.88. The Kier molecular flexibility index (Phi) is 3.10. The van der Waals surface area contributed by atoms with Crippen LogP contribution >= 0.6 is 0 Å². The Bertz CT molecular complexity index is 526. The van der Waals surface area contributed by atoms with Gasteiger partial charge in [0.25, 0.3) is 5.60 Å². The highest BCUT2D eigenvalue weighted by atomic mass is 19.4. The quantitative estimate of drug-likeness (QED) is 0.590. The molecule has 0 spiro atoms. The Labute approximate surface area is 103 Å². The van der Waals surface area contributed by atoms with Crippen LogP contribution in [0.2, 0.25) is 0 Å². The summed E-state index contributed by atoms with van der Waals surface area (Å²) >= 11 is 0. The van der Waals surface area contributed by atoms with E-state index in [4.69, 9.17) is 0 Å². The van der Waals surface area contributed by atoms with E-state index in [-0.39, 0.29) is 11.1 Å². The zero-order chi connectivity index (χ0) is 13.2. The molecule has 92 valence electrons. The van der Waals surface area contributed by atoms with Crippen LogP contribution in [0.25, 0.3) is 0 Å². The fourth-order valence-corrected chi connectivity index (χ4v) is 1.76. The molecule has 1 N–H and O–H groups in total. The largest absolute Gasteiger partial charge is 0.429 e. The van der Waals surface area contributed by atoms with Gasteiger partial charge in [-0.3, -0.25) is 0 Å². The summed E-state index contributed by atoms with van der Waals surface area (Å²) in [6.07, 6.45) is 7.87. The molecule has 0 amide bonds. The zero-order valence-electron chi connectivity index (χ0n) is 9.33. The number of alkyl halides is 3. The molecule has 2 aliphatic carbocycles. The standard InChI is InChI=1S/C14H10F3O/c15-14(16,17)13(18,11-7-3-1-4-8-11)12-9-5-2-6-10-12/h1,3-7,9,18H,2H2/q+1. The Balaban J connectivity index is 2.59. The van der Waals surface area contributed by atoms with Crippen LogP contribution in [0, 0.1) is 6.08 Å². The van der Waals surface area contributed by atoms with Gasteiger partial charge < -0.3 is 5.11 Å². The first-order valence-electron chi connectivity index (χ1n) is 5.35. The molecule has 0 aromatic heterocycles. The fraction of sp³-hybridized carbons (Fsp3) is 0.214. The van der Waals surface area contributed by atoms with Crippen molar-refractivity contribution in [1.29, 1.82) is 0 Å². The van der Waals surface area contributed by atoms with E-state index in [0.717, 1.165) is 0 Å². The first-order chi connectivity index (χ1) is 8.46. The van der Waals surface area contributed by atoms with Gasteiger partial charge in [-0.1, -0.05) is 12.2 Å². The van der Waals surface area contributed by atoms with Crippen LogP contribution in [0.15, 0.2) is 59.4 Å². The molecule has 0 saturated heterocycles. The average molecular weight is 251 g/mol. The SMILES string of the molecule is OC(C1=C=CCC=C1)(C1=CC=CC=[C+]1)C(F)(F)F. The van der Waals surface area contributed by atoms with E-state index in [1.807, 2.05) is 0 Å². The van der Waals surface area contributed by atoms with E-state index in [2.05, 4.69) is 11.8 Å². The predicted molar refractivity (Wildman–Crippen MR) is 61.4 cm³/mol. The van der Waals surface area contributed by atoms with Gasteiger partial charge >= 0.3 is 6.18 Å². The maximum Gasteiger partial charge on any atom is 0.429 e. The molecule has 0 radical (unpaired) electrons. The molecule has 0 saturated carbocycles. The third kappa shape index (κ3) is 1.98. The van der Waals surface area contributed by atoms with Gasteiger partial charge in [0.15, 0.2) is 5.57 Å². The van der Waals surface area contributed by atoms with Crippen LogP contribution in [-0.2, 0) is 0 Å². The van der Waals surface area contributed by atoms with Crippen molar-refractivity contribution in [3.05, 3.63) is 65.5 Å². The van der Waals surface area contributed by atoms with Crippen molar-refractivity contribution in [2.24, 2.45) is 0 Å². The molecular weight excluding hydrogens is 241 g/mol. The smallest absolute Gasteiger partial charge is 0.369 e. The van der Waals surface area contributed by atoms with E-state index in [1.165, 1.54) is 30.4 Å². The summed E-state index contributed by atoms with van der Waals surface area (Å²) in [6.45, 7) is 0. The average Bonchev–Trinajstić information content (AvgIpc) is 2.38. The van der Waals surface area contributed by atoms with Crippen molar-refractivity contribution in [1.82, 2.24) is 0 Å². The molecule has 4 heteroatoms.